The standard InChI is InChI=1S/C10H14N4/c1-6-2-3-7(9(11)4-6)8-5-13-14-10(8)12/h2-4,8,13H,5,11H2,1H3,(H2,12,14). The number of nitrogens with zero attached hydrogens (tertiary/aromatic N) is 1. The van der Waals surface area contributed by atoms with Crippen LogP contribution < -0.4 is 16.9 Å². The Morgan fingerprint density at radius 2 is 2.21 bits per heavy atom. The summed E-state index contributed by atoms with van der Waals surface area (Å²) in [4.78, 5) is 0. The van der Waals surface area contributed by atoms with Gasteiger partial charge in [0.15, 0.2) is 0 Å². The maximum absolute atomic E-state index is 5.93. The third-order valence-electron chi connectivity index (χ3n) is 2.48. The van der Waals surface area contributed by atoms with Crippen LogP contribution in [0.2, 0.25) is 0 Å². The van der Waals surface area contributed by atoms with Crippen molar-refractivity contribution in [3.63, 3.8) is 0 Å². The molecule has 0 saturated carbocycles. The van der Waals surface area contributed by atoms with Crippen molar-refractivity contribution in [3.05, 3.63) is 29.3 Å². The molecule has 1 aliphatic rings. The van der Waals surface area contributed by atoms with Crippen molar-refractivity contribution in [2.24, 2.45) is 10.8 Å². The van der Waals surface area contributed by atoms with Crippen LogP contribution in [0.5, 0.6) is 0 Å². The summed E-state index contributed by atoms with van der Waals surface area (Å²) in [6, 6.07) is 6.02. The van der Waals surface area contributed by atoms with Crippen molar-refractivity contribution in [2.75, 3.05) is 12.3 Å². The lowest BCUT2D eigenvalue weighted by molar-refractivity contribution is 0.764. The second-order valence-electron chi connectivity index (χ2n) is 3.58. The molecule has 1 aromatic rings. The average molecular weight is 190 g/mol. The van der Waals surface area contributed by atoms with E-state index in [-0.39, 0.29) is 5.92 Å². The topological polar surface area (TPSA) is 76.4 Å². The first-order chi connectivity index (χ1) is 6.68. The summed E-state index contributed by atoms with van der Waals surface area (Å²) in [6.07, 6.45) is 0. The van der Waals surface area contributed by atoms with Gasteiger partial charge in [0.1, 0.15) is 5.84 Å². The Balaban J connectivity index is 2.37. The molecular weight excluding hydrogens is 176 g/mol. The number of benzene rings is 1. The van der Waals surface area contributed by atoms with Crippen LogP contribution in [-0.4, -0.2) is 12.4 Å². The van der Waals surface area contributed by atoms with Gasteiger partial charge in [-0.05, 0) is 24.1 Å². The van der Waals surface area contributed by atoms with Crippen LogP contribution >= 0.6 is 0 Å². The summed E-state index contributed by atoms with van der Waals surface area (Å²) in [7, 11) is 0. The molecule has 2 rings (SSSR count). The molecule has 74 valence electrons. The molecule has 14 heavy (non-hydrogen) atoms. The summed E-state index contributed by atoms with van der Waals surface area (Å²) in [5.74, 6) is 0.733. The molecule has 4 nitrogen and oxygen atoms in total. The van der Waals surface area contributed by atoms with E-state index in [0.717, 1.165) is 23.4 Å². The van der Waals surface area contributed by atoms with Gasteiger partial charge in [0.05, 0.1) is 5.92 Å². The van der Waals surface area contributed by atoms with Crippen LogP contribution in [-0.2, 0) is 0 Å². The van der Waals surface area contributed by atoms with Crippen molar-refractivity contribution in [2.45, 2.75) is 12.8 Å². The molecule has 0 aromatic heterocycles. The van der Waals surface area contributed by atoms with Crippen LogP contribution in [0.1, 0.15) is 17.0 Å². The predicted octanol–water partition coefficient (Wildman–Crippen LogP) is 0.536. The summed E-state index contributed by atoms with van der Waals surface area (Å²) in [5, 5.41) is 3.95. The first kappa shape index (κ1) is 8.87. The minimum absolute atomic E-state index is 0.121. The first-order valence-corrected chi connectivity index (χ1v) is 4.60. The zero-order valence-corrected chi connectivity index (χ0v) is 8.12. The molecule has 0 radical (unpaired) electrons. The predicted molar refractivity (Wildman–Crippen MR) is 58.0 cm³/mol. The maximum Gasteiger partial charge on any atom is 0.129 e. The fourth-order valence-corrected chi connectivity index (χ4v) is 1.69. The van der Waals surface area contributed by atoms with Crippen LogP contribution in [0.3, 0.4) is 0 Å². The number of hydrazone groups is 1. The molecule has 1 aliphatic heterocycles. The van der Waals surface area contributed by atoms with E-state index < -0.39 is 0 Å². The van der Waals surface area contributed by atoms with Gasteiger partial charge in [-0.25, -0.2) is 0 Å². The minimum atomic E-state index is 0.121. The Bertz CT molecular complexity index is 384. The van der Waals surface area contributed by atoms with E-state index in [1.165, 1.54) is 0 Å². The number of nitrogen functional groups attached to an aromatic ring is 1. The second-order valence-corrected chi connectivity index (χ2v) is 3.58. The molecule has 0 fully saturated rings. The van der Waals surface area contributed by atoms with E-state index in [9.17, 15) is 0 Å². The van der Waals surface area contributed by atoms with Gasteiger partial charge >= 0.3 is 0 Å². The van der Waals surface area contributed by atoms with Gasteiger partial charge in [0.25, 0.3) is 0 Å². The summed E-state index contributed by atoms with van der Waals surface area (Å²) in [5.41, 5.74) is 17.6. The molecule has 1 unspecified atom stereocenters. The number of nitrogens with two attached hydrogens (primary N) is 2. The highest BCUT2D eigenvalue weighted by Gasteiger charge is 2.22. The molecule has 0 bridgehead atoms. The number of anilines is 1. The molecule has 5 N–H and O–H groups in total. The molecule has 0 aliphatic carbocycles. The third kappa shape index (κ3) is 1.39. The van der Waals surface area contributed by atoms with Crippen LogP contribution in [0.25, 0.3) is 0 Å². The van der Waals surface area contributed by atoms with Gasteiger partial charge in [-0.1, -0.05) is 12.1 Å². The van der Waals surface area contributed by atoms with Gasteiger partial charge in [-0.2, -0.15) is 5.10 Å². The number of amidine groups is 1. The molecule has 1 heterocycles. The van der Waals surface area contributed by atoms with Gasteiger partial charge < -0.3 is 16.9 Å². The SMILES string of the molecule is Cc1ccc(C2CNN=C2N)c(N)c1. The fraction of sp³-hybridized carbons (Fsp3) is 0.300. The van der Waals surface area contributed by atoms with Crippen LogP contribution in [0, 0.1) is 6.92 Å². The van der Waals surface area contributed by atoms with Gasteiger partial charge in [-0.3, -0.25) is 0 Å². The zero-order valence-electron chi connectivity index (χ0n) is 8.12. The molecule has 1 atom stereocenters. The third-order valence-corrected chi connectivity index (χ3v) is 2.48. The second kappa shape index (κ2) is 3.21. The summed E-state index contributed by atoms with van der Waals surface area (Å²) < 4.78 is 0. The van der Waals surface area contributed by atoms with E-state index in [1.54, 1.807) is 0 Å². The lowest BCUT2D eigenvalue weighted by atomic mass is 9.96. The maximum atomic E-state index is 5.93. The quantitative estimate of drug-likeness (QED) is 0.565. The Morgan fingerprint density at radius 3 is 2.79 bits per heavy atom. The molecule has 0 spiro atoms. The van der Waals surface area contributed by atoms with Crippen molar-refractivity contribution < 1.29 is 0 Å². The van der Waals surface area contributed by atoms with E-state index in [1.807, 2.05) is 25.1 Å². The number of rotatable bonds is 1. The smallest absolute Gasteiger partial charge is 0.129 e. The average Bonchev–Trinajstić information content (AvgIpc) is 2.52. The normalized spacial score (nSPS) is 20.4. The van der Waals surface area contributed by atoms with Crippen LogP contribution in [0.15, 0.2) is 23.3 Å². The zero-order chi connectivity index (χ0) is 10.1. The molecule has 0 saturated heterocycles. The number of nitrogens with one attached hydrogen (secondary N) is 1. The van der Waals surface area contributed by atoms with E-state index in [4.69, 9.17) is 11.5 Å². The minimum Gasteiger partial charge on any atom is -0.398 e. The molecule has 0 amide bonds. The van der Waals surface area contributed by atoms with Crippen molar-refractivity contribution in [3.8, 4) is 0 Å². The lowest BCUT2D eigenvalue weighted by Gasteiger charge is -2.12. The largest absolute Gasteiger partial charge is 0.398 e. The Labute approximate surface area is 83.0 Å². The van der Waals surface area contributed by atoms with E-state index in [0.29, 0.717) is 5.84 Å². The highest BCUT2D eigenvalue weighted by molar-refractivity contribution is 5.90. The van der Waals surface area contributed by atoms with E-state index >= 15 is 0 Å². The van der Waals surface area contributed by atoms with E-state index in [2.05, 4.69) is 10.5 Å². The van der Waals surface area contributed by atoms with Gasteiger partial charge in [0.2, 0.25) is 0 Å². The van der Waals surface area contributed by atoms with Crippen molar-refractivity contribution in [1.82, 2.24) is 5.43 Å². The number of aryl methyl sites for hydroxylation is 1. The lowest BCUT2D eigenvalue weighted by Crippen LogP contribution is -2.21. The number of hydrogen-bond donors (Lipinski definition) is 3. The Kier molecular flexibility index (Phi) is 2.04. The van der Waals surface area contributed by atoms with Crippen molar-refractivity contribution >= 4 is 11.5 Å². The van der Waals surface area contributed by atoms with Gasteiger partial charge in [0, 0.05) is 12.2 Å². The Hall–Kier alpha value is -1.71. The van der Waals surface area contributed by atoms with Crippen LogP contribution in [0.4, 0.5) is 5.69 Å². The monoisotopic (exact) mass is 190 g/mol. The van der Waals surface area contributed by atoms with Crippen molar-refractivity contribution in [1.29, 1.82) is 0 Å². The fourth-order valence-electron chi connectivity index (χ4n) is 1.69. The summed E-state index contributed by atoms with van der Waals surface area (Å²) >= 11 is 0. The molecule has 4 heteroatoms. The highest BCUT2D eigenvalue weighted by Crippen LogP contribution is 2.24. The molecule has 1 aromatic carbocycles. The first-order valence-electron chi connectivity index (χ1n) is 4.60. The summed E-state index contributed by atoms with van der Waals surface area (Å²) in [6.45, 7) is 2.75. The highest BCUT2D eigenvalue weighted by atomic mass is 15.3. The molecular formula is C10H14N4. The number of hydrogen-bond acceptors (Lipinski definition) is 4. The Morgan fingerprint density at radius 1 is 1.43 bits per heavy atom. The van der Waals surface area contributed by atoms with Gasteiger partial charge in [-0.15, -0.1) is 0 Å².